The Labute approximate surface area is 96.5 Å². The van der Waals surface area contributed by atoms with Crippen LogP contribution >= 0.6 is 11.8 Å². The zero-order chi connectivity index (χ0) is 11.4. The van der Waals surface area contributed by atoms with Gasteiger partial charge < -0.3 is 9.64 Å². The average Bonchev–Trinajstić information content (AvgIpc) is 2.14. The van der Waals surface area contributed by atoms with Gasteiger partial charge in [-0.3, -0.25) is 4.79 Å². The second-order valence-electron chi connectivity index (χ2n) is 4.40. The van der Waals surface area contributed by atoms with Gasteiger partial charge in [0.15, 0.2) is 0 Å². The van der Waals surface area contributed by atoms with E-state index < -0.39 is 0 Å². The zero-order valence-electron chi connectivity index (χ0n) is 10.0. The molecule has 1 fully saturated rings. The molecule has 1 aliphatic heterocycles. The van der Waals surface area contributed by atoms with Crippen molar-refractivity contribution in [3.63, 3.8) is 0 Å². The predicted octanol–water partition coefficient (Wildman–Crippen LogP) is 1.62. The second-order valence-corrected chi connectivity index (χ2v) is 6.28. The Hall–Kier alpha value is -0.220. The van der Waals surface area contributed by atoms with Crippen LogP contribution in [-0.2, 0) is 9.53 Å². The minimum atomic E-state index is -0.103. The Morgan fingerprint density at radius 2 is 2.00 bits per heavy atom. The summed E-state index contributed by atoms with van der Waals surface area (Å²) < 4.78 is 4.74. The summed E-state index contributed by atoms with van der Waals surface area (Å²) in [6.45, 7) is 9.41. The number of rotatable bonds is 3. The minimum Gasteiger partial charge on any atom is -0.469 e. The van der Waals surface area contributed by atoms with E-state index in [-0.39, 0.29) is 11.9 Å². The topological polar surface area (TPSA) is 29.5 Å². The van der Waals surface area contributed by atoms with Crippen LogP contribution in [-0.4, -0.2) is 48.1 Å². The number of carbonyl (C=O) groups excluding carboxylic acids is 1. The van der Waals surface area contributed by atoms with Gasteiger partial charge in [0.05, 0.1) is 13.0 Å². The number of carbonyl (C=O) groups is 1. The molecule has 0 aromatic heterocycles. The molecule has 4 heteroatoms. The third-order valence-electron chi connectivity index (χ3n) is 2.63. The van der Waals surface area contributed by atoms with Crippen LogP contribution in [0, 0.1) is 5.92 Å². The molecule has 0 aromatic carbocycles. The van der Waals surface area contributed by atoms with Gasteiger partial charge in [0.1, 0.15) is 0 Å². The van der Waals surface area contributed by atoms with E-state index in [9.17, 15) is 4.79 Å². The molecular formula is C11H21NO2S. The van der Waals surface area contributed by atoms with Crippen molar-refractivity contribution < 1.29 is 9.53 Å². The summed E-state index contributed by atoms with van der Waals surface area (Å²) in [6, 6.07) is 0. The number of esters is 1. The first-order valence-electron chi connectivity index (χ1n) is 5.48. The molecule has 0 aliphatic carbocycles. The third kappa shape index (κ3) is 4.03. The molecule has 1 heterocycles. The standard InChI is InChI=1S/C11H21NO2S/c1-8(11(13)14-4)5-12-6-9(2)15-10(3)7-12/h8-10H,5-7H2,1-4H3. The molecule has 3 nitrogen and oxygen atoms in total. The van der Waals surface area contributed by atoms with Gasteiger partial charge in [-0.2, -0.15) is 11.8 Å². The molecule has 3 atom stereocenters. The van der Waals surface area contributed by atoms with Crippen molar-refractivity contribution in [1.82, 2.24) is 4.90 Å². The average molecular weight is 231 g/mol. The van der Waals surface area contributed by atoms with Crippen LogP contribution in [0.25, 0.3) is 0 Å². The molecule has 0 aromatic rings. The van der Waals surface area contributed by atoms with E-state index in [0.29, 0.717) is 10.5 Å². The van der Waals surface area contributed by atoms with Crippen LogP contribution in [0.15, 0.2) is 0 Å². The lowest BCUT2D eigenvalue weighted by Gasteiger charge is -2.35. The maximum absolute atomic E-state index is 11.3. The molecular weight excluding hydrogens is 210 g/mol. The van der Waals surface area contributed by atoms with Crippen LogP contribution in [0.1, 0.15) is 20.8 Å². The molecule has 88 valence electrons. The van der Waals surface area contributed by atoms with Gasteiger partial charge in [-0.25, -0.2) is 0 Å². The van der Waals surface area contributed by atoms with Gasteiger partial charge in [0.25, 0.3) is 0 Å². The van der Waals surface area contributed by atoms with E-state index >= 15 is 0 Å². The normalized spacial score (nSPS) is 29.9. The molecule has 1 saturated heterocycles. The van der Waals surface area contributed by atoms with Crippen LogP contribution in [0.4, 0.5) is 0 Å². The highest BCUT2D eigenvalue weighted by Gasteiger charge is 2.25. The molecule has 0 spiro atoms. The number of ether oxygens (including phenoxy) is 1. The molecule has 15 heavy (non-hydrogen) atoms. The molecule has 0 radical (unpaired) electrons. The predicted molar refractivity (Wildman–Crippen MR) is 64.1 cm³/mol. The Balaban J connectivity index is 2.40. The Kier molecular flexibility index (Phi) is 4.93. The number of nitrogens with zero attached hydrogens (tertiary/aromatic N) is 1. The molecule has 0 N–H and O–H groups in total. The van der Waals surface area contributed by atoms with Gasteiger partial charge >= 0.3 is 5.97 Å². The van der Waals surface area contributed by atoms with Crippen molar-refractivity contribution in [3.8, 4) is 0 Å². The largest absolute Gasteiger partial charge is 0.469 e. The molecule has 0 saturated carbocycles. The molecule has 3 unspecified atom stereocenters. The zero-order valence-corrected chi connectivity index (χ0v) is 10.8. The SMILES string of the molecule is COC(=O)C(C)CN1CC(C)SC(C)C1. The van der Waals surface area contributed by atoms with Crippen LogP contribution in [0.2, 0.25) is 0 Å². The molecule has 1 aliphatic rings. The minimum absolute atomic E-state index is 0.0162. The summed E-state index contributed by atoms with van der Waals surface area (Å²) in [6.07, 6.45) is 0. The lowest BCUT2D eigenvalue weighted by molar-refractivity contribution is -0.145. The maximum atomic E-state index is 11.3. The van der Waals surface area contributed by atoms with Crippen molar-refractivity contribution in [3.05, 3.63) is 0 Å². The van der Waals surface area contributed by atoms with Crippen molar-refractivity contribution in [1.29, 1.82) is 0 Å². The number of hydrogen-bond acceptors (Lipinski definition) is 4. The monoisotopic (exact) mass is 231 g/mol. The summed E-state index contributed by atoms with van der Waals surface area (Å²) in [5, 5.41) is 1.33. The smallest absolute Gasteiger partial charge is 0.309 e. The number of methoxy groups -OCH3 is 1. The van der Waals surface area contributed by atoms with Gasteiger partial charge in [0, 0.05) is 30.1 Å². The van der Waals surface area contributed by atoms with E-state index in [0.717, 1.165) is 19.6 Å². The second kappa shape index (κ2) is 5.75. The Morgan fingerprint density at radius 3 is 2.47 bits per heavy atom. The highest BCUT2D eigenvalue weighted by molar-refractivity contribution is 8.00. The maximum Gasteiger partial charge on any atom is 0.309 e. The highest BCUT2D eigenvalue weighted by Crippen LogP contribution is 2.25. The van der Waals surface area contributed by atoms with Crippen molar-refractivity contribution in [2.45, 2.75) is 31.3 Å². The van der Waals surface area contributed by atoms with Gasteiger partial charge in [-0.15, -0.1) is 0 Å². The quantitative estimate of drug-likeness (QED) is 0.690. The van der Waals surface area contributed by atoms with Gasteiger partial charge in [-0.05, 0) is 0 Å². The highest BCUT2D eigenvalue weighted by atomic mass is 32.2. The Bertz CT molecular complexity index is 213. The first-order valence-corrected chi connectivity index (χ1v) is 6.42. The van der Waals surface area contributed by atoms with E-state index in [1.165, 1.54) is 7.11 Å². The molecule has 1 rings (SSSR count). The summed E-state index contributed by atoms with van der Waals surface area (Å²) in [5.74, 6) is -0.119. The summed E-state index contributed by atoms with van der Waals surface area (Å²) in [7, 11) is 1.45. The first kappa shape index (κ1) is 12.8. The third-order valence-corrected chi connectivity index (χ3v) is 3.86. The van der Waals surface area contributed by atoms with Crippen LogP contribution in [0.5, 0.6) is 0 Å². The van der Waals surface area contributed by atoms with Crippen LogP contribution in [0.3, 0.4) is 0 Å². The number of thioether (sulfide) groups is 1. The fraction of sp³-hybridized carbons (Fsp3) is 0.909. The summed E-state index contributed by atoms with van der Waals surface area (Å²) in [4.78, 5) is 13.7. The lowest BCUT2D eigenvalue weighted by Crippen LogP contribution is -2.43. The van der Waals surface area contributed by atoms with Gasteiger partial charge in [-0.1, -0.05) is 20.8 Å². The van der Waals surface area contributed by atoms with Crippen molar-refractivity contribution in [2.24, 2.45) is 5.92 Å². The summed E-state index contributed by atoms with van der Waals surface area (Å²) >= 11 is 2.03. The number of hydrogen-bond donors (Lipinski definition) is 0. The summed E-state index contributed by atoms with van der Waals surface area (Å²) in [5.41, 5.74) is 0. The lowest BCUT2D eigenvalue weighted by atomic mass is 10.1. The molecule has 0 amide bonds. The van der Waals surface area contributed by atoms with Crippen LogP contribution < -0.4 is 0 Å². The van der Waals surface area contributed by atoms with Gasteiger partial charge in [0.2, 0.25) is 0 Å². The van der Waals surface area contributed by atoms with E-state index in [4.69, 9.17) is 4.74 Å². The van der Waals surface area contributed by atoms with E-state index in [1.54, 1.807) is 0 Å². The first-order chi connectivity index (χ1) is 7.02. The van der Waals surface area contributed by atoms with Crippen molar-refractivity contribution in [2.75, 3.05) is 26.7 Å². The fourth-order valence-corrected chi connectivity index (χ4v) is 3.48. The van der Waals surface area contributed by atoms with Crippen molar-refractivity contribution >= 4 is 17.7 Å². The van der Waals surface area contributed by atoms with E-state index in [1.807, 2.05) is 18.7 Å². The molecule has 0 bridgehead atoms. The van der Waals surface area contributed by atoms with E-state index in [2.05, 4.69) is 18.7 Å². The Morgan fingerprint density at radius 1 is 1.47 bits per heavy atom. The fourth-order valence-electron chi connectivity index (χ4n) is 2.10.